The molecule has 5 heteroatoms. The molecule has 0 bridgehead atoms. The highest BCUT2D eigenvalue weighted by Gasteiger charge is 2.24. The normalized spacial score (nSPS) is 21.3. The molecule has 1 saturated carbocycles. The van der Waals surface area contributed by atoms with Crippen molar-refractivity contribution in [1.82, 2.24) is 5.32 Å². The molecule has 0 aromatic heterocycles. The summed E-state index contributed by atoms with van der Waals surface area (Å²) in [4.78, 5) is 11.9. The van der Waals surface area contributed by atoms with Gasteiger partial charge in [0, 0.05) is 18.8 Å². The molecule has 2 rings (SSSR count). The summed E-state index contributed by atoms with van der Waals surface area (Å²) >= 11 is 0. The third-order valence-corrected chi connectivity index (χ3v) is 4.08. The van der Waals surface area contributed by atoms with Gasteiger partial charge in [-0.25, -0.2) is 4.79 Å². The summed E-state index contributed by atoms with van der Waals surface area (Å²) < 4.78 is 0. The van der Waals surface area contributed by atoms with Gasteiger partial charge < -0.3 is 15.7 Å². The Morgan fingerprint density at radius 2 is 2.10 bits per heavy atom. The monoisotopic (exact) mass is 287 g/mol. The lowest BCUT2D eigenvalue weighted by molar-refractivity contribution is 0.134. The van der Waals surface area contributed by atoms with Crippen molar-refractivity contribution in [2.45, 2.75) is 25.7 Å². The molecule has 5 nitrogen and oxygen atoms in total. The van der Waals surface area contributed by atoms with Gasteiger partial charge in [0.2, 0.25) is 0 Å². The Labute approximate surface area is 125 Å². The van der Waals surface area contributed by atoms with Gasteiger partial charge >= 0.3 is 6.03 Å². The van der Waals surface area contributed by atoms with Gasteiger partial charge in [-0.05, 0) is 42.9 Å². The molecule has 1 fully saturated rings. The number of carbonyl (C=O) groups is 1. The number of amides is 2. The minimum absolute atomic E-state index is 0.193. The molecule has 0 saturated heterocycles. The Hall–Kier alpha value is -2.06. The third-order valence-electron chi connectivity index (χ3n) is 4.08. The van der Waals surface area contributed by atoms with E-state index >= 15 is 0 Å². The zero-order valence-electron chi connectivity index (χ0n) is 12.0. The summed E-state index contributed by atoms with van der Waals surface area (Å²) in [6.45, 7) is 0.771. The Morgan fingerprint density at radius 1 is 1.33 bits per heavy atom. The zero-order valence-corrected chi connectivity index (χ0v) is 12.0. The number of nitrogens with one attached hydrogen (secondary N) is 2. The molecule has 1 aliphatic rings. The van der Waals surface area contributed by atoms with E-state index in [1.165, 1.54) is 0 Å². The smallest absolute Gasteiger partial charge is 0.319 e. The van der Waals surface area contributed by atoms with E-state index in [4.69, 9.17) is 5.26 Å². The van der Waals surface area contributed by atoms with Gasteiger partial charge in [-0.3, -0.25) is 0 Å². The number of aliphatic hydroxyl groups excluding tert-OH is 1. The number of hydrogen-bond donors (Lipinski definition) is 3. The van der Waals surface area contributed by atoms with Gasteiger partial charge in [-0.2, -0.15) is 5.26 Å². The van der Waals surface area contributed by atoms with Gasteiger partial charge in [0.05, 0.1) is 11.6 Å². The number of anilines is 1. The second kappa shape index (κ2) is 7.65. The van der Waals surface area contributed by atoms with E-state index in [1.807, 2.05) is 6.07 Å². The lowest BCUT2D eigenvalue weighted by Gasteiger charge is -2.30. The van der Waals surface area contributed by atoms with Crippen molar-refractivity contribution < 1.29 is 9.90 Å². The van der Waals surface area contributed by atoms with Crippen LogP contribution in [0, 0.1) is 23.2 Å². The lowest BCUT2D eigenvalue weighted by Crippen LogP contribution is -2.37. The van der Waals surface area contributed by atoms with Crippen LogP contribution in [0.2, 0.25) is 0 Å². The van der Waals surface area contributed by atoms with E-state index in [2.05, 4.69) is 10.6 Å². The molecule has 1 aromatic rings. The van der Waals surface area contributed by atoms with E-state index in [-0.39, 0.29) is 12.6 Å². The highest BCUT2D eigenvalue weighted by molar-refractivity contribution is 5.89. The van der Waals surface area contributed by atoms with Crippen LogP contribution < -0.4 is 10.6 Å². The van der Waals surface area contributed by atoms with Crippen LogP contribution in [0.1, 0.15) is 31.2 Å². The zero-order chi connectivity index (χ0) is 15.1. The molecule has 1 aromatic carbocycles. The topological polar surface area (TPSA) is 85.2 Å². The van der Waals surface area contributed by atoms with Crippen LogP contribution >= 0.6 is 0 Å². The lowest BCUT2D eigenvalue weighted by atomic mass is 9.80. The SMILES string of the molecule is N#Cc1cccc(NC(=O)NCC2CCCCC2CO)c1. The fourth-order valence-corrected chi connectivity index (χ4v) is 2.86. The molecule has 0 radical (unpaired) electrons. The average molecular weight is 287 g/mol. The number of hydrogen-bond acceptors (Lipinski definition) is 3. The number of carbonyl (C=O) groups excluding carboxylic acids is 1. The summed E-state index contributed by atoms with van der Waals surface area (Å²) in [5.41, 5.74) is 1.12. The predicted octanol–water partition coefficient (Wildman–Crippen LogP) is 2.48. The van der Waals surface area contributed by atoms with Crippen molar-refractivity contribution in [3.05, 3.63) is 29.8 Å². The van der Waals surface area contributed by atoms with Crippen LogP contribution in [-0.2, 0) is 0 Å². The van der Waals surface area contributed by atoms with Gasteiger partial charge in [-0.1, -0.05) is 18.9 Å². The summed E-state index contributed by atoms with van der Waals surface area (Å²) in [5, 5.41) is 23.8. The first-order chi connectivity index (χ1) is 10.2. The van der Waals surface area contributed by atoms with Crippen LogP contribution in [0.15, 0.2) is 24.3 Å². The van der Waals surface area contributed by atoms with E-state index in [0.29, 0.717) is 29.6 Å². The van der Waals surface area contributed by atoms with Crippen molar-refractivity contribution in [2.24, 2.45) is 11.8 Å². The fraction of sp³-hybridized carbons (Fsp3) is 0.500. The highest BCUT2D eigenvalue weighted by atomic mass is 16.3. The van der Waals surface area contributed by atoms with Gasteiger partial charge in [0.1, 0.15) is 0 Å². The molecule has 0 heterocycles. The predicted molar refractivity (Wildman–Crippen MR) is 80.7 cm³/mol. The maximum atomic E-state index is 11.9. The highest BCUT2D eigenvalue weighted by Crippen LogP contribution is 2.29. The van der Waals surface area contributed by atoms with Gasteiger partial charge in [0.15, 0.2) is 0 Å². The van der Waals surface area contributed by atoms with E-state index in [1.54, 1.807) is 24.3 Å². The number of nitrogens with zero attached hydrogens (tertiary/aromatic N) is 1. The first-order valence-electron chi connectivity index (χ1n) is 7.39. The molecular weight excluding hydrogens is 266 g/mol. The van der Waals surface area contributed by atoms with Crippen molar-refractivity contribution in [3.8, 4) is 6.07 Å². The Bertz CT molecular complexity index is 524. The molecule has 2 unspecified atom stereocenters. The largest absolute Gasteiger partial charge is 0.396 e. The maximum Gasteiger partial charge on any atom is 0.319 e. The van der Waals surface area contributed by atoms with Crippen molar-refractivity contribution in [3.63, 3.8) is 0 Å². The van der Waals surface area contributed by atoms with Crippen LogP contribution in [0.25, 0.3) is 0 Å². The van der Waals surface area contributed by atoms with Crippen molar-refractivity contribution in [1.29, 1.82) is 5.26 Å². The maximum absolute atomic E-state index is 11.9. The Morgan fingerprint density at radius 3 is 2.81 bits per heavy atom. The van der Waals surface area contributed by atoms with Crippen molar-refractivity contribution in [2.75, 3.05) is 18.5 Å². The molecular formula is C16H21N3O2. The first-order valence-corrected chi connectivity index (χ1v) is 7.39. The molecule has 0 aliphatic heterocycles. The number of aliphatic hydroxyl groups is 1. The molecule has 0 spiro atoms. The summed E-state index contributed by atoms with van der Waals surface area (Å²) in [7, 11) is 0. The average Bonchev–Trinajstić information content (AvgIpc) is 2.53. The first kappa shape index (κ1) is 15.3. The van der Waals surface area contributed by atoms with E-state index < -0.39 is 0 Å². The molecule has 112 valence electrons. The van der Waals surface area contributed by atoms with Crippen molar-refractivity contribution >= 4 is 11.7 Å². The summed E-state index contributed by atoms with van der Waals surface area (Å²) in [6.07, 6.45) is 4.41. The van der Waals surface area contributed by atoms with Gasteiger partial charge in [0.25, 0.3) is 0 Å². The summed E-state index contributed by atoms with van der Waals surface area (Å²) in [5.74, 6) is 0.640. The molecule has 21 heavy (non-hydrogen) atoms. The number of benzene rings is 1. The van der Waals surface area contributed by atoms with E-state index in [0.717, 1.165) is 25.7 Å². The molecule has 1 aliphatic carbocycles. The summed E-state index contributed by atoms with van der Waals surface area (Å²) in [6, 6.07) is 8.58. The van der Waals surface area contributed by atoms with Crippen LogP contribution in [-0.4, -0.2) is 24.3 Å². The molecule has 3 N–H and O–H groups in total. The van der Waals surface area contributed by atoms with Crippen LogP contribution in [0.5, 0.6) is 0 Å². The third kappa shape index (κ3) is 4.47. The minimum atomic E-state index is -0.271. The number of nitriles is 1. The molecule has 2 atom stereocenters. The molecule has 2 amide bonds. The second-order valence-electron chi connectivity index (χ2n) is 5.51. The Balaban J connectivity index is 1.83. The van der Waals surface area contributed by atoms with Crippen LogP contribution in [0.4, 0.5) is 10.5 Å². The van der Waals surface area contributed by atoms with Crippen LogP contribution in [0.3, 0.4) is 0 Å². The van der Waals surface area contributed by atoms with Gasteiger partial charge in [-0.15, -0.1) is 0 Å². The standard InChI is InChI=1S/C16H21N3O2/c17-9-12-4-3-7-15(8-12)19-16(21)18-10-13-5-1-2-6-14(13)11-20/h3-4,7-8,13-14,20H,1-2,5-6,10-11H2,(H2,18,19,21). The quantitative estimate of drug-likeness (QED) is 0.795. The number of urea groups is 1. The number of rotatable bonds is 4. The Kier molecular flexibility index (Phi) is 5.59. The van der Waals surface area contributed by atoms with E-state index in [9.17, 15) is 9.90 Å². The second-order valence-corrected chi connectivity index (χ2v) is 5.51. The fourth-order valence-electron chi connectivity index (χ4n) is 2.86. The minimum Gasteiger partial charge on any atom is -0.396 e.